The Morgan fingerprint density at radius 2 is 0.519 bits per heavy atom. The number of hydrogen-bond acceptors (Lipinski definition) is 15. The van der Waals surface area contributed by atoms with Gasteiger partial charge >= 0.3 is 39.5 Å². The Morgan fingerprint density at radius 3 is 0.788 bits per heavy atom. The molecule has 0 aliphatic carbocycles. The molecule has 104 heavy (non-hydrogen) atoms. The van der Waals surface area contributed by atoms with Crippen molar-refractivity contribution in [3.8, 4) is 0 Å². The number of rotatable bonds is 82. The van der Waals surface area contributed by atoms with Crippen molar-refractivity contribution in [1.82, 2.24) is 0 Å². The van der Waals surface area contributed by atoms with Gasteiger partial charge in [0.05, 0.1) is 26.4 Å². The molecule has 0 aliphatic heterocycles. The molecule has 0 bridgehead atoms. The molecule has 0 aromatic heterocycles. The SMILES string of the molecule is CCCCCC/C=C\C=C/CCCCCCCC(=O)O[C@H](COC(=O)CCCCCCCCCCCCCC)COP(=O)(O)OC[C@H](O)COP(=O)(O)OC[C@@H](COC(=O)CCCCCCCCCCCCCCCCCC(C)C)OC(=O)CCCCCCCCCCCCCCCCCCC(C)C. The quantitative estimate of drug-likeness (QED) is 0.0169. The van der Waals surface area contributed by atoms with Gasteiger partial charge in [-0.15, -0.1) is 0 Å². The molecule has 0 aliphatic rings. The topological polar surface area (TPSA) is 237 Å². The van der Waals surface area contributed by atoms with Crippen LogP contribution in [0.15, 0.2) is 24.3 Å². The Morgan fingerprint density at radius 1 is 0.298 bits per heavy atom. The smallest absolute Gasteiger partial charge is 0.462 e. The number of carbonyl (C=O) groups is 4. The molecule has 0 aromatic carbocycles. The van der Waals surface area contributed by atoms with Gasteiger partial charge in [0.25, 0.3) is 0 Å². The first-order valence-electron chi connectivity index (χ1n) is 43.3. The number of unbranched alkanes of at least 4 members (excludes halogenated alkanes) is 49. The van der Waals surface area contributed by atoms with Crippen molar-refractivity contribution in [2.75, 3.05) is 39.6 Å². The van der Waals surface area contributed by atoms with Gasteiger partial charge in [0.1, 0.15) is 19.3 Å². The highest BCUT2D eigenvalue weighted by molar-refractivity contribution is 7.47. The summed E-state index contributed by atoms with van der Waals surface area (Å²) in [5, 5.41) is 10.7. The Labute approximate surface area is 637 Å². The number of phosphoric acid groups is 2. The molecule has 0 saturated heterocycles. The summed E-state index contributed by atoms with van der Waals surface area (Å²) in [6, 6.07) is 0. The van der Waals surface area contributed by atoms with Gasteiger partial charge in [0, 0.05) is 25.7 Å². The number of hydrogen-bond donors (Lipinski definition) is 3. The average molecular weight is 1520 g/mol. The van der Waals surface area contributed by atoms with Crippen molar-refractivity contribution in [3.05, 3.63) is 24.3 Å². The van der Waals surface area contributed by atoms with Crippen LogP contribution in [0.4, 0.5) is 0 Å². The van der Waals surface area contributed by atoms with E-state index in [0.717, 1.165) is 115 Å². The third-order valence-corrected chi connectivity index (χ3v) is 21.2. The summed E-state index contributed by atoms with van der Waals surface area (Å²) in [5.74, 6) is -0.519. The van der Waals surface area contributed by atoms with Gasteiger partial charge in [-0.05, 0) is 63.2 Å². The molecule has 614 valence electrons. The van der Waals surface area contributed by atoms with Crippen molar-refractivity contribution >= 4 is 39.5 Å². The molecule has 0 spiro atoms. The number of aliphatic hydroxyl groups excluding tert-OH is 1. The molecule has 3 N–H and O–H groups in total. The minimum Gasteiger partial charge on any atom is -0.462 e. The van der Waals surface area contributed by atoms with E-state index in [1.54, 1.807) is 0 Å². The first kappa shape index (κ1) is 102. The lowest BCUT2D eigenvalue weighted by Crippen LogP contribution is -2.30. The van der Waals surface area contributed by atoms with E-state index < -0.39 is 97.5 Å². The number of ether oxygens (including phenoxy) is 4. The normalized spacial score (nSPS) is 14.0. The zero-order chi connectivity index (χ0) is 76.4. The lowest BCUT2D eigenvalue weighted by molar-refractivity contribution is -0.161. The lowest BCUT2D eigenvalue weighted by atomic mass is 10.0. The van der Waals surface area contributed by atoms with Crippen LogP contribution in [0.3, 0.4) is 0 Å². The average Bonchev–Trinajstić information content (AvgIpc) is 0.908. The molecular weight excluding hydrogens is 1350 g/mol. The van der Waals surface area contributed by atoms with Gasteiger partial charge in [-0.2, -0.15) is 0 Å². The van der Waals surface area contributed by atoms with E-state index in [1.165, 1.54) is 231 Å². The van der Waals surface area contributed by atoms with Crippen LogP contribution < -0.4 is 0 Å². The minimum atomic E-state index is -4.97. The molecule has 0 aromatic rings. The Hall–Kier alpha value is -2.46. The fourth-order valence-corrected chi connectivity index (χ4v) is 14.3. The van der Waals surface area contributed by atoms with Gasteiger partial charge in [0.15, 0.2) is 12.2 Å². The van der Waals surface area contributed by atoms with Crippen LogP contribution in [-0.2, 0) is 65.4 Å². The van der Waals surface area contributed by atoms with Crippen LogP contribution in [0, 0.1) is 11.8 Å². The van der Waals surface area contributed by atoms with Crippen LogP contribution in [0.1, 0.15) is 427 Å². The minimum absolute atomic E-state index is 0.0856. The van der Waals surface area contributed by atoms with Gasteiger partial charge in [0.2, 0.25) is 0 Å². The molecule has 0 heterocycles. The fourth-order valence-electron chi connectivity index (χ4n) is 12.7. The van der Waals surface area contributed by atoms with Gasteiger partial charge in [-0.1, -0.05) is 374 Å². The maximum Gasteiger partial charge on any atom is 0.472 e. The zero-order valence-corrected chi connectivity index (χ0v) is 69.6. The number of aliphatic hydroxyl groups is 1. The zero-order valence-electron chi connectivity index (χ0n) is 67.8. The molecule has 0 fully saturated rings. The van der Waals surface area contributed by atoms with E-state index >= 15 is 0 Å². The summed E-state index contributed by atoms with van der Waals surface area (Å²) in [6.45, 7) is 9.65. The van der Waals surface area contributed by atoms with Gasteiger partial charge < -0.3 is 33.8 Å². The van der Waals surface area contributed by atoms with Crippen LogP contribution >= 0.6 is 15.6 Å². The van der Waals surface area contributed by atoms with E-state index in [1.807, 2.05) is 0 Å². The van der Waals surface area contributed by atoms with Crippen molar-refractivity contribution < 1.29 is 80.2 Å². The molecule has 19 heteroatoms. The van der Waals surface area contributed by atoms with Crippen molar-refractivity contribution in [2.24, 2.45) is 11.8 Å². The maximum atomic E-state index is 13.1. The molecule has 2 unspecified atom stereocenters. The molecule has 5 atom stereocenters. The van der Waals surface area contributed by atoms with E-state index in [4.69, 9.17) is 37.0 Å². The van der Waals surface area contributed by atoms with E-state index in [9.17, 15) is 43.2 Å². The summed E-state index contributed by atoms with van der Waals surface area (Å²) in [6.07, 6.45) is 70.1. The standard InChI is InChI=1S/C85H162O17P2/c1-7-9-11-13-15-17-19-21-25-33-39-45-51-57-63-69-84(89)101-80(73-95-82(87)67-61-55-49-43-37-20-18-16-14-12-10-8-2)75-99-103(91,92)97-71-79(86)72-98-104(93,94)100-76-81(74-96-83(88)68-62-56-50-44-38-32-29-24-27-31-36-42-48-54-60-66-78(5)6)102-85(90)70-64-58-52-46-40-34-28-23-22-26-30-35-41-47-53-59-65-77(3)4/h17,19,21,25,77-81,86H,7-16,18,20,22-24,26-76H2,1-6H3,(H,91,92)(H,93,94)/b19-17-,25-21-/t79-,80+,81+/m0/s1. The molecule has 0 radical (unpaired) electrons. The van der Waals surface area contributed by atoms with E-state index in [-0.39, 0.29) is 25.7 Å². The number of carbonyl (C=O) groups excluding carboxylic acids is 4. The van der Waals surface area contributed by atoms with Crippen molar-refractivity contribution in [2.45, 2.75) is 445 Å². The monoisotopic (exact) mass is 1520 g/mol. The van der Waals surface area contributed by atoms with Crippen LogP contribution in [0.25, 0.3) is 0 Å². The third-order valence-electron chi connectivity index (χ3n) is 19.3. The molecule has 17 nitrogen and oxygen atoms in total. The highest BCUT2D eigenvalue weighted by atomic mass is 31.2. The van der Waals surface area contributed by atoms with E-state index in [2.05, 4.69) is 65.8 Å². The third kappa shape index (κ3) is 77.7. The van der Waals surface area contributed by atoms with Gasteiger partial charge in [-0.3, -0.25) is 37.3 Å². The highest BCUT2D eigenvalue weighted by Gasteiger charge is 2.30. The predicted molar refractivity (Wildman–Crippen MR) is 427 cm³/mol. The summed E-state index contributed by atoms with van der Waals surface area (Å²) in [7, 11) is -9.94. The Kier molecular flexibility index (Phi) is 74.1. The fraction of sp³-hybridized carbons (Fsp3) is 0.906. The number of allylic oxidation sites excluding steroid dienone is 4. The molecule has 0 amide bonds. The van der Waals surface area contributed by atoms with Gasteiger partial charge in [-0.25, -0.2) is 9.13 Å². The van der Waals surface area contributed by atoms with E-state index in [0.29, 0.717) is 25.7 Å². The molecule has 0 rings (SSSR count). The predicted octanol–water partition coefficient (Wildman–Crippen LogP) is 25.4. The summed E-state index contributed by atoms with van der Waals surface area (Å²) >= 11 is 0. The lowest BCUT2D eigenvalue weighted by Gasteiger charge is -2.21. The second-order valence-electron chi connectivity index (χ2n) is 30.8. The largest absolute Gasteiger partial charge is 0.472 e. The second kappa shape index (κ2) is 75.9. The van der Waals surface area contributed by atoms with Crippen LogP contribution in [0.2, 0.25) is 0 Å². The number of esters is 4. The van der Waals surface area contributed by atoms with Crippen molar-refractivity contribution in [1.29, 1.82) is 0 Å². The van der Waals surface area contributed by atoms with Crippen molar-refractivity contribution in [3.63, 3.8) is 0 Å². The second-order valence-corrected chi connectivity index (χ2v) is 33.7. The van der Waals surface area contributed by atoms with Crippen LogP contribution in [0.5, 0.6) is 0 Å². The summed E-state index contributed by atoms with van der Waals surface area (Å²) in [4.78, 5) is 73.2. The summed E-state index contributed by atoms with van der Waals surface area (Å²) < 4.78 is 68.8. The maximum absolute atomic E-state index is 13.1. The Bertz CT molecular complexity index is 2090. The molecule has 0 saturated carbocycles. The molecular formula is C85H162O17P2. The first-order valence-corrected chi connectivity index (χ1v) is 46.3. The summed E-state index contributed by atoms with van der Waals surface area (Å²) in [5.41, 5.74) is 0. The highest BCUT2D eigenvalue weighted by Crippen LogP contribution is 2.45. The Balaban J connectivity index is 5.29. The number of phosphoric ester groups is 2. The first-order chi connectivity index (χ1) is 50.4. The van der Waals surface area contributed by atoms with Crippen LogP contribution in [-0.4, -0.2) is 96.7 Å².